The van der Waals surface area contributed by atoms with E-state index in [1.165, 1.54) is 6.20 Å². The highest BCUT2D eigenvalue weighted by Crippen LogP contribution is 2.21. The molecule has 0 unspecified atom stereocenters. The average molecular weight is 236 g/mol. The van der Waals surface area contributed by atoms with Crippen molar-refractivity contribution in [2.24, 2.45) is 0 Å². The van der Waals surface area contributed by atoms with Crippen LogP contribution in [0.1, 0.15) is 23.7 Å². The molecule has 92 valence electrons. The first kappa shape index (κ1) is 11.9. The van der Waals surface area contributed by atoms with Gasteiger partial charge in [0.25, 0.3) is 0 Å². The van der Waals surface area contributed by atoms with E-state index in [0.717, 1.165) is 18.7 Å². The van der Waals surface area contributed by atoms with Crippen LogP contribution in [0.25, 0.3) is 0 Å². The van der Waals surface area contributed by atoms with Gasteiger partial charge in [-0.15, -0.1) is 0 Å². The van der Waals surface area contributed by atoms with Crippen LogP contribution in [0.15, 0.2) is 18.5 Å². The summed E-state index contributed by atoms with van der Waals surface area (Å²) >= 11 is 0. The average Bonchev–Trinajstić information content (AvgIpc) is 2.26. The largest absolute Gasteiger partial charge is 0.478 e. The van der Waals surface area contributed by atoms with Crippen LogP contribution in [0, 0.1) is 0 Å². The first-order valence-electron chi connectivity index (χ1n) is 5.75. The molecule has 5 heteroatoms. The molecule has 1 aromatic heterocycles. The lowest BCUT2D eigenvalue weighted by Crippen LogP contribution is -2.49. The molecule has 5 nitrogen and oxygen atoms in total. The van der Waals surface area contributed by atoms with E-state index in [4.69, 9.17) is 9.84 Å². The molecule has 1 saturated heterocycles. The maximum atomic E-state index is 10.9. The highest BCUT2D eigenvalue weighted by atomic mass is 16.5. The standard InChI is InChI=1S/C12H16N2O3/c1-2-3-14(11-7-17-8-11)10-4-9(12(15)16)5-13-6-10/h4-6,11H,2-3,7-8H2,1H3,(H,15,16). The van der Waals surface area contributed by atoms with Gasteiger partial charge >= 0.3 is 5.97 Å². The van der Waals surface area contributed by atoms with Gasteiger partial charge in [0.2, 0.25) is 0 Å². The van der Waals surface area contributed by atoms with Crippen LogP contribution in [0.5, 0.6) is 0 Å². The number of carbonyl (C=O) groups is 1. The predicted octanol–water partition coefficient (Wildman–Crippen LogP) is 1.40. The molecule has 1 aliphatic rings. The third-order valence-corrected chi connectivity index (χ3v) is 2.83. The maximum Gasteiger partial charge on any atom is 0.337 e. The lowest BCUT2D eigenvalue weighted by atomic mass is 10.1. The number of pyridine rings is 1. The minimum Gasteiger partial charge on any atom is -0.478 e. The Morgan fingerprint density at radius 3 is 2.88 bits per heavy atom. The normalized spacial score (nSPS) is 15.4. The molecule has 0 saturated carbocycles. The van der Waals surface area contributed by atoms with E-state index in [-0.39, 0.29) is 5.56 Å². The van der Waals surface area contributed by atoms with E-state index in [2.05, 4.69) is 16.8 Å². The van der Waals surface area contributed by atoms with Crippen LogP contribution in [-0.2, 0) is 4.74 Å². The molecule has 17 heavy (non-hydrogen) atoms. The quantitative estimate of drug-likeness (QED) is 0.837. The molecular formula is C12H16N2O3. The second-order valence-corrected chi connectivity index (χ2v) is 4.12. The molecule has 0 radical (unpaired) electrons. The molecule has 1 N–H and O–H groups in total. The Morgan fingerprint density at radius 1 is 1.59 bits per heavy atom. The van der Waals surface area contributed by atoms with Gasteiger partial charge in [0.15, 0.2) is 0 Å². The van der Waals surface area contributed by atoms with Crippen LogP contribution in [0.2, 0.25) is 0 Å². The van der Waals surface area contributed by atoms with Gasteiger partial charge in [0.1, 0.15) is 0 Å². The van der Waals surface area contributed by atoms with Crippen molar-refractivity contribution >= 4 is 11.7 Å². The van der Waals surface area contributed by atoms with E-state index in [9.17, 15) is 4.79 Å². The summed E-state index contributed by atoms with van der Waals surface area (Å²) in [5.41, 5.74) is 1.09. The Hall–Kier alpha value is -1.62. The van der Waals surface area contributed by atoms with Crippen LogP contribution >= 0.6 is 0 Å². The number of nitrogens with zero attached hydrogens (tertiary/aromatic N) is 2. The summed E-state index contributed by atoms with van der Waals surface area (Å²) in [5, 5.41) is 8.95. The Kier molecular flexibility index (Phi) is 3.58. The van der Waals surface area contributed by atoms with Gasteiger partial charge in [-0.3, -0.25) is 4.98 Å². The van der Waals surface area contributed by atoms with Gasteiger partial charge in [0, 0.05) is 12.7 Å². The van der Waals surface area contributed by atoms with Gasteiger partial charge in [-0.1, -0.05) is 6.92 Å². The number of carboxylic acids is 1. The molecule has 1 aliphatic heterocycles. The molecule has 1 fully saturated rings. The van der Waals surface area contributed by atoms with Crippen LogP contribution in [0.4, 0.5) is 5.69 Å². The molecule has 2 rings (SSSR count). The Labute approximate surface area is 100 Å². The number of aromatic carboxylic acids is 1. The van der Waals surface area contributed by atoms with Gasteiger partial charge in [-0.2, -0.15) is 0 Å². The van der Waals surface area contributed by atoms with Crippen LogP contribution in [-0.4, -0.2) is 41.9 Å². The highest BCUT2D eigenvalue weighted by molar-refractivity contribution is 5.88. The van der Waals surface area contributed by atoms with E-state index >= 15 is 0 Å². The molecule has 0 atom stereocenters. The van der Waals surface area contributed by atoms with E-state index in [1.807, 2.05) is 0 Å². The smallest absolute Gasteiger partial charge is 0.337 e. The number of hydrogen-bond donors (Lipinski definition) is 1. The third-order valence-electron chi connectivity index (χ3n) is 2.83. The first-order valence-corrected chi connectivity index (χ1v) is 5.75. The second kappa shape index (κ2) is 5.14. The van der Waals surface area contributed by atoms with E-state index < -0.39 is 5.97 Å². The summed E-state index contributed by atoms with van der Waals surface area (Å²) in [6.45, 7) is 4.40. The zero-order valence-corrected chi connectivity index (χ0v) is 9.80. The third kappa shape index (κ3) is 2.55. The van der Waals surface area contributed by atoms with Crippen LogP contribution in [0.3, 0.4) is 0 Å². The van der Waals surface area contributed by atoms with Crippen molar-refractivity contribution in [2.75, 3.05) is 24.7 Å². The van der Waals surface area contributed by atoms with Crippen molar-refractivity contribution in [3.8, 4) is 0 Å². The topological polar surface area (TPSA) is 62.7 Å². The maximum absolute atomic E-state index is 10.9. The van der Waals surface area contributed by atoms with Crippen LogP contribution < -0.4 is 4.90 Å². The molecule has 1 aromatic rings. The fraction of sp³-hybridized carbons (Fsp3) is 0.500. The van der Waals surface area contributed by atoms with Crippen molar-refractivity contribution < 1.29 is 14.6 Å². The lowest BCUT2D eigenvalue weighted by molar-refractivity contribution is 0.00806. The van der Waals surface area contributed by atoms with Crippen molar-refractivity contribution in [3.05, 3.63) is 24.0 Å². The zero-order valence-electron chi connectivity index (χ0n) is 9.80. The number of hydrogen-bond acceptors (Lipinski definition) is 4. The summed E-state index contributed by atoms with van der Waals surface area (Å²) in [7, 11) is 0. The number of rotatable bonds is 5. The molecule has 0 aromatic carbocycles. The van der Waals surface area contributed by atoms with Gasteiger partial charge in [-0.25, -0.2) is 4.79 Å². The molecule has 2 heterocycles. The fourth-order valence-electron chi connectivity index (χ4n) is 1.87. The Morgan fingerprint density at radius 2 is 2.35 bits per heavy atom. The summed E-state index contributed by atoms with van der Waals surface area (Å²) in [6, 6.07) is 2.02. The highest BCUT2D eigenvalue weighted by Gasteiger charge is 2.26. The predicted molar refractivity (Wildman–Crippen MR) is 63.4 cm³/mol. The molecular weight excluding hydrogens is 220 g/mol. The van der Waals surface area contributed by atoms with E-state index in [1.54, 1.807) is 12.3 Å². The molecule has 0 aliphatic carbocycles. The number of aromatic nitrogens is 1. The molecule has 0 bridgehead atoms. The summed E-state index contributed by atoms with van der Waals surface area (Å²) in [6.07, 6.45) is 4.08. The number of carboxylic acid groups (broad SMARTS) is 1. The second-order valence-electron chi connectivity index (χ2n) is 4.12. The number of anilines is 1. The fourth-order valence-corrected chi connectivity index (χ4v) is 1.87. The minimum atomic E-state index is -0.944. The Bertz CT molecular complexity index is 404. The summed E-state index contributed by atoms with van der Waals surface area (Å²) in [5.74, 6) is -0.944. The van der Waals surface area contributed by atoms with Crippen molar-refractivity contribution in [2.45, 2.75) is 19.4 Å². The minimum absolute atomic E-state index is 0.226. The van der Waals surface area contributed by atoms with Gasteiger partial charge < -0.3 is 14.7 Å². The monoisotopic (exact) mass is 236 g/mol. The molecule has 0 spiro atoms. The van der Waals surface area contributed by atoms with Crippen molar-refractivity contribution in [1.29, 1.82) is 0 Å². The number of ether oxygens (including phenoxy) is 1. The summed E-state index contributed by atoms with van der Waals surface area (Å²) < 4.78 is 5.18. The molecule has 0 amide bonds. The SMILES string of the molecule is CCCN(c1cncc(C(=O)O)c1)C1COC1. The first-order chi connectivity index (χ1) is 8.22. The van der Waals surface area contributed by atoms with Gasteiger partial charge in [0.05, 0.1) is 36.7 Å². The van der Waals surface area contributed by atoms with Gasteiger partial charge in [-0.05, 0) is 12.5 Å². The van der Waals surface area contributed by atoms with E-state index in [0.29, 0.717) is 19.3 Å². The van der Waals surface area contributed by atoms with Crippen molar-refractivity contribution in [1.82, 2.24) is 4.98 Å². The lowest BCUT2D eigenvalue weighted by Gasteiger charge is -2.38. The zero-order chi connectivity index (χ0) is 12.3. The summed E-state index contributed by atoms with van der Waals surface area (Å²) in [4.78, 5) is 17.1. The van der Waals surface area contributed by atoms with Crippen molar-refractivity contribution in [3.63, 3.8) is 0 Å². The Balaban J connectivity index is 2.22.